The summed E-state index contributed by atoms with van der Waals surface area (Å²) in [4.78, 5) is 22.2. The van der Waals surface area contributed by atoms with E-state index in [0.29, 0.717) is 0 Å². The Balaban J connectivity index is -0.000000109. The molecule has 0 saturated heterocycles. The molecule has 0 aliphatic rings. The highest BCUT2D eigenvalue weighted by atomic mass is 16.1. The molecule has 0 bridgehead atoms. The van der Waals surface area contributed by atoms with Gasteiger partial charge in [0.25, 0.3) is 0 Å². The molecule has 0 amide bonds. The summed E-state index contributed by atoms with van der Waals surface area (Å²) in [5, 5.41) is 0. The number of hydrogen-bond donors (Lipinski definition) is 1. The second-order valence-electron chi connectivity index (χ2n) is 1.23. The molecule has 0 aromatic heterocycles. The molecule has 0 heterocycles. The molecule has 2 N–H and O–H groups in total. The van der Waals surface area contributed by atoms with Gasteiger partial charge >= 0.3 is 0 Å². The summed E-state index contributed by atoms with van der Waals surface area (Å²) in [6.45, 7) is 2.91. The van der Waals surface area contributed by atoms with Gasteiger partial charge in [-0.2, -0.15) is 0 Å². The first-order valence-electron chi connectivity index (χ1n) is 3.09. The number of carbonyl (C=O) groups is 2. The number of Topliss-reactive ketones (excluding diaryl/α,β-unsaturated/α-hetero) is 1. The highest BCUT2D eigenvalue weighted by Gasteiger charge is 1.74. The minimum Gasteiger partial charge on any atom is -0.333 e. The third-order valence-electron chi connectivity index (χ3n) is 0.311. The maximum Gasteiger partial charge on any atom is 0.170 e. The number of carbonyl (C=O) groups excluding carboxylic acids is 2. The summed E-state index contributed by atoms with van der Waals surface area (Å²) in [6, 6.07) is 0. The van der Waals surface area contributed by atoms with Crippen molar-refractivity contribution in [2.24, 2.45) is 10.7 Å². The summed E-state index contributed by atoms with van der Waals surface area (Å²) in [7, 11) is 3.07. The van der Waals surface area contributed by atoms with Crippen LogP contribution in [0, 0.1) is 0 Å². The number of aldehydes is 1. The normalized spacial score (nSPS) is 7.00. The van der Waals surface area contributed by atoms with E-state index in [4.69, 9.17) is 4.79 Å². The van der Waals surface area contributed by atoms with Crippen LogP contribution in [0.15, 0.2) is 4.99 Å². The van der Waals surface area contributed by atoms with Crippen LogP contribution in [0.25, 0.3) is 0 Å². The molecule has 66 valence electrons. The lowest BCUT2D eigenvalue weighted by Gasteiger charge is -1.68. The molecule has 0 fully saturated rings. The lowest BCUT2D eigenvalue weighted by Crippen LogP contribution is -1.87. The van der Waals surface area contributed by atoms with Gasteiger partial charge in [-0.1, -0.05) is 0 Å². The number of rotatable bonds is 1. The minimum atomic E-state index is -0.00231. The van der Waals surface area contributed by atoms with Gasteiger partial charge in [0, 0.05) is 14.0 Å². The predicted molar refractivity (Wildman–Crippen MR) is 46.9 cm³/mol. The van der Waals surface area contributed by atoms with Crippen LogP contribution in [-0.4, -0.2) is 32.4 Å². The molecular weight excluding hydrogens is 144 g/mol. The quantitative estimate of drug-likeness (QED) is 0.435. The lowest BCUT2D eigenvalue weighted by molar-refractivity contribution is -0.110. The van der Waals surface area contributed by atoms with E-state index in [-0.39, 0.29) is 5.78 Å². The third-order valence-corrected chi connectivity index (χ3v) is 0.311. The molecule has 0 aliphatic heterocycles. The lowest BCUT2D eigenvalue weighted by atomic mass is 10.5. The van der Waals surface area contributed by atoms with Gasteiger partial charge < -0.3 is 10.5 Å². The fourth-order valence-electron chi connectivity index (χ4n) is 0.182. The average Bonchev–Trinajstić information content (AvgIpc) is 1.93. The number of ketones is 1. The Bertz CT molecular complexity index is 111. The molecule has 0 spiro atoms. The predicted octanol–water partition coefficient (Wildman–Crippen LogP) is 0.0561. The van der Waals surface area contributed by atoms with Crippen molar-refractivity contribution < 1.29 is 9.59 Å². The van der Waals surface area contributed by atoms with E-state index >= 15 is 0 Å². The van der Waals surface area contributed by atoms with Crippen LogP contribution in [0.4, 0.5) is 0 Å². The second kappa shape index (κ2) is 23.1. The molecular formula is C7H16N2O2. The zero-order valence-electron chi connectivity index (χ0n) is 7.50. The Hall–Kier alpha value is -1.03. The summed E-state index contributed by atoms with van der Waals surface area (Å²) < 4.78 is 0. The zero-order chi connectivity index (χ0) is 9.70. The highest BCUT2D eigenvalue weighted by molar-refractivity contribution is 6.26. The number of aliphatic imine (C=N–C) groups is 1. The monoisotopic (exact) mass is 160 g/mol. The van der Waals surface area contributed by atoms with E-state index < -0.39 is 0 Å². The smallest absolute Gasteiger partial charge is 0.170 e. The van der Waals surface area contributed by atoms with Gasteiger partial charge in [0.15, 0.2) is 5.78 Å². The fourth-order valence-corrected chi connectivity index (χ4v) is 0.182. The van der Waals surface area contributed by atoms with E-state index in [2.05, 4.69) is 10.7 Å². The van der Waals surface area contributed by atoms with Gasteiger partial charge in [0.2, 0.25) is 0 Å². The van der Waals surface area contributed by atoms with Gasteiger partial charge in [-0.25, -0.2) is 0 Å². The Kier molecular flexibility index (Phi) is 34.6. The van der Waals surface area contributed by atoms with Gasteiger partial charge in [-0.05, 0) is 14.0 Å². The minimum absolute atomic E-state index is 0.00231. The van der Waals surface area contributed by atoms with E-state index in [0.717, 1.165) is 6.29 Å². The summed E-state index contributed by atoms with van der Waals surface area (Å²) >= 11 is 0. The first-order valence-corrected chi connectivity index (χ1v) is 3.09. The van der Waals surface area contributed by atoms with Gasteiger partial charge in [0.1, 0.15) is 6.29 Å². The molecule has 0 aromatic carbocycles. The topological polar surface area (TPSA) is 72.5 Å². The van der Waals surface area contributed by atoms with Crippen molar-refractivity contribution >= 4 is 18.3 Å². The molecule has 4 nitrogen and oxygen atoms in total. The van der Waals surface area contributed by atoms with Crippen LogP contribution < -0.4 is 5.73 Å². The van der Waals surface area contributed by atoms with Crippen LogP contribution in [0.5, 0.6) is 0 Å². The SMILES string of the molecule is CC=O.CN.CN=CC(C)=O. The van der Waals surface area contributed by atoms with E-state index in [1.165, 1.54) is 27.1 Å². The molecule has 0 unspecified atom stereocenters. The molecule has 0 saturated carbocycles. The van der Waals surface area contributed by atoms with E-state index in [9.17, 15) is 4.79 Å². The van der Waals surface area contributed by atoms with Crippen LogP contribution >= 0.6 is 0 Å². The summed E-state index contributed by atoms with van der Waals surface area (Å²) in [5.41, 5.74) is 4.50. The van der Waals surface area contributed by atoms with E-state index in [1.54, 1.807) is 7.05 Å². The van der Waals surface area contributed by atoms with Crippen molar-refractivity contribution in [3.05, 3.63) is 0 Å². The molecule has 4 heteroatoms. The molecule has 0 radical (unpaired) electrons. The Labute approximate surface area is 67.5 Å². The fraction of sp³-hybridized carbons (Fsp3) is 0.571. The second-order valence-corrected chi connectivity index (χ2v) is 1.23. The maximum absolute atomic E-state index is 9.89. The van der Waals surface area contributed by atoms with Crippen molar-refractivity contribution in [3.8, 4) is 0 Å². The molecule has 0 atom stereocenters. The Morgan fingerprint density at radius 2 is 1.73 bits per heavy atom. The first kappa shape index (κ1) is 16.5. The van der Waals surface area contributed by atoms with Crippen LogP contribution in [0.1, 0.15) is 13.8 Å². The average molecular weight is 160 g/mol. The summed E-state index contributed by atoms with van der Waals surface area (Å²) in [6.07, 6.45) is 2.03. The molecule has 11 heavy (non-hydrogen) atoms. The van der Waals surface area contributed by atoms with Crippen LogP contribution in [0.3, 0.4) is 0 Å². The van der Waals surface area contributed by atoms with Gasteiger partial charge in [0.05, 0.1) is 6.21 Å². The van der Waals surface area contributed by atoms with Crippen molar-refractivity contribution in [2.45, 2.75) is 13.8 Å². The van der Waals surface area contributed by atoms with Crippen LogP contribution in [0.2, 0.25) is 0 Å². The van der Waals surface area contributed by atoms with Gasteiger partial charge in [-0.15, -0.1) is 0 Å². The third kappa shape index (κ3) is 112. The summed E-state index contributed by atoms with van der Waals surface area (Å²) in [5.74, 6) is -0.00231. The van der Waals surface area contributed by atoms with Crippen molar-refractivity contribution in [1.82, 2.24) is 0 Å². The highest BCUT2D eigenvalue weighted by Crippen LogP contribution is 1.56. The van der Waals surface area contributed by atoms with Crippen molar-refractivity contribution in [3.63, 3.8) is 0 Å². The Morgan fingerprint density at radius 1 is 1.45 bits per heavy atom. The molecule has 0 aromatic rings. The van der Waals surface area contributed by atoms with Crippen LogP contribution in [-0.2, 0) is 9.59 Å². The van der Waals surface area contributed by atoms with E-state index in [1.807, 2.05) is 0 Å². The number of nitrogens with zero attached hydrogens (tertiary/aromatic N) is 1. The zero-order valence-corrected chi connectivity index (χ0v) is 7.50. The Morgan fingerprint density at radius 3 is 1.73 bits per heavy atom. The largest absolute Gasteiger partial charge is 0.333 e. The van der Waals surface area contributed by atoms with Crippen molar-refractivity contribution in [2.75, 3.05) is 14.1 Å². The van der Waals surface area contributed by atoms with Gasteiger partial charge in [-0.3, -0.25) is 9.79 Å². The number of nitrogens with two attached hydrogens (primary N) is 1. The number of hydrogen-bond acceptors (Lipinski definition) is 4. The maximum atomic E-state index is 9.89. The standard InChI is InChI=1S/C4H7NO.C2H4O.CH5N/c1-4(6)3-5-2;1-2-3;1-2/h3H,1-2H3;2H,1H3;2H2,1H3. The first-order chi connectivity index (χ1) is 5.18. The van der Waals surface area contributed by atoms with Crippen molar-refractivity contribution in [1.29, 1.82) is 0 Å². The molecule has 0 aliphatic carbocycles. The molecule has 0 rings (SSSR count).